The summed E-state index contributed by atoms with van der Waals surface area (Å²) in [6.07, 6.45) is 7.61. The largest absolute Gasteiger partial charge is 0.337 e. The number of carbonyl (C=O) groups excluding carboxylic acids is 1. The molecule has 1 saturated heterocycles. The van der Waals surface area contributed by atoms with Crippen molar-refractivity contribution < 1.29 is 13.2 Å². The molecule has 1 aromatic carbocycles. The molecule has 0 N–H and O–H groups in total. The summed E-state index contributed by atoms with van der Waals surface area (Å²) in [5.74, 6) is 0.00564. The Hall–Kier alpha value is -2.21. The molecule has 1 amide bonds. The van der Waals surface area contributed by atoms with Crippen LogP contribution in [-0.4, -0.2) is 41.3 Å². The first kappa shape index (κ1) is 20.1. The standard InChI is InChI=1S/C23H28N2O3S/c26-22-17-23(11-5-4-8-21(23)16-19-6-2-1-3-7-19)29(27,28)15-14-25(22)18-20-9-12-24-13-10-20/h1-3,6-7,9-10,12-13,21H,4-5,8,11,14-18H2/t21-,23-/m0/s1. The lowest BCUT2D eigenvalue weighted by molar-refractivity contribution is -0.132. The second-order valence-corrected chi connectivity index (χ2v) is 10.8. The number of carbonyl (C=O) groups is 1. The second-order valence-electron chi connectivity index (χ2n) is 8.36. The van der Waals surface area contributed by atoms with Crippen LogP contribution >= 0.6 is 0 Å². The van der Waals surface area contributed by atoms with Gasteiger partial charge in [0.1, 0.15) is 0 Å². The van der Waals surface area contributed by atoms with Gasteiger partial charge in [-0.3, -0.25) is 9.78 Å². The zero-order chi connectivity index (χ0) is 20.3. The van der Waals surface area contributed by atoms with E-state index in [0.717, 1.165) is 36.8 Å². The van der Waals surface area contributed by atoms with Crippen LogP contribution < -0.4 is 0 Å². The van der Waals surface area contributed by atoms with Crippen molar-refractivity contribution in [2.24, 2.45) is 5.92 Å². The summed E-state index contributed by atoms with van der Waals surface area (Å²) in [4.78, 5) is 19.0. The highest BCUT2D eigenvalue weighted by molar-refractivity contribution is 7.92. The summed E-state index contributed by atoms with van der Waals surface area (Å²) < 4.78 is 26.1. The molecule has 29 heavy (non-hydrogen) atoms. The van der Waals surface area contributed by atoms with Gasteiger partial charge in [-0.1, -0.05) is 43.2 Å². The van der Waals surface area contributed by atoms with E-state index in [-0.39, 0.29) is 30.5 Å². The lowest BCUT2D eigenvalue weighted by Gasteiger charge is -2.42. The van der Waals surface area contributed by atoms with Crippen LogP contribution in [-0.2, 0) is 27.6 Å². The van der Waals surface area contributed by atoms with Gasteiger partial charge in [-0.15, -0.1) is 0 Å². The Balaban J connectivity index is 1.62. The first-order valence-corrected chi connectivity index (χ1v) is 12.1. The Morgan fingerprint density at radius 2 is 1.79 bits per heavy atom. The van der Waals surface area contributed by atoms with Crippen LogP contribution in [0, 0.1) is 5.92 Å². The molecule has 4 rings (SSSR count). The van der Waals surface area contributed by atoms with Gasteiger partial charge in [0.05, 0.1) is 10.5 Å². The minimum absolute atomic E-state index is 0.00604. The van der Waals surface area contributed by atoms with Crippen molar-refractivity contribution in [3.8, 4) is 0 Å². The average molecular weight is 413 g/mol. The molecule has 1 spiro atoms. The fraction of sp³-hybridized carbons (Fsp3) is 0.478. The van der Waals surface area contributed by atoms with Gasteiger partial charge in [-0.2, -0.15) is 0 Å². The molecular weight excluding hydrogens is 384 g/mol. The van der Waals surface area contributed by atoms with E-state index in [1.165, 1.54) is 0 Å². The van der Waals surface area contributed by atoms with E-state index in [0.29, 0.717) is 13.0 Å². The SMILES string of the molecule is O=C1C[C@]2(CCCC[C@H]2Cc2ccccc2)S(=O)(=O)CCN1Cc1ccncc1. The summed E-state index contributed by atoms with van der Waals surface area (Å²) in [6, 6.07) is 13.8. The van der Waals surface area contributed by atoms with Gasteiger partial charge >= 0.3 is 0 Å². The van der Waals surface area contributed by atoms with Gasteiger partial charge in [-0.05, 0) is 48.4 Å². The summed E-state index contributed by atoms with van der Waals surface area (Å²) >= 11 is 0. The van der Waals surface area contributed by atoms with Crippen molar-refractivity contribution in [3.63, 3.8) is 0 Å². The minimum atomic E-state index is -3.38. The lowest BCUT2D eigenvalue weighted by Crippen LogP contribution is -2.50. The molecule has 154 valence electrons. The van der Waals surface area contributed by atoms with Crippen LogP contribution in [0.1, 0.15) is 43.2 Å². The van der Waals surface area contributed by atoms with Gasteiger partial charge < -0.3 is 4.90 Å². The number of rotatable bonds is 4. The first-order chi connectivity index (χ1) is 14.0. The van der Waals surface area contributed by atoms with E-state index in [4.69, 9.17) is 0 Å². The molecule has 2 aromatic rings. The summed E-state index contributed by atoms with van der Waals surface area (Å²) in [5.41, 5.74) is 2.13. The summed E-state index contributed by atoms with van der Waals surface area (Å²) in [6.45, 7) is 0.708. The van der Waals surface area contributed by atoms with Crippen LogP contribution in [0.3, 0.4) is 0 Å². The van der Waals surface area contributed by atoms with Gasteiger partial charge in [-0.25, -0.2) is 8.42 Å². The molecule has 0 unspecified atom stereocenters. The van der Waals surface area contributed by atoms with Crippen molar-refractivity contribution >= 4 is 15.7 Å². The van der Waals surface area contributed by atoms with Crippen LogP contribution in [0.2, 0.25) is 0 Å². The molecular formula is C23H28N2O3S. The molecule has 6 heteroatoms. The number of amides is 1. The number of pyridine rings is 1. The third-order valence-corrected chi connectivity index (χ3v) is 9.29. The van der Waals surface area contributed by atoms with Crippen LogP contribution in [0.15, 0.2) is 54.9 Å². The topological polar surface area (TPSA) is 67.3 Å². The highest BCUT2D eigenvalue weighted by Gasteiger charge is 2.53. The van der Waals surface area contributed by atoms with E-state index in [1.807, 2.05) is 30.3 Å². The summed E-state index contributed by atoms with van der Waals surface area (Å²) in [7, 11) is -3.38. The molecule has 2 fully saturated rings. The van der Waals surface area contributed by atoms with Crippen molar-refractivity contribution in [2.75, 3.05) is 12.3 Å². The molecule has 0 radical (unpaired) electrons. The molecule has 2 atom stereocenters. The molecule has 1 aromatic heterocycles. The highest BCUT2D eigenvalue weighted by Crippen LogP contribution is 2.46. The smallest absolute Gasteiger partial charge is 0.224 e. The second kappa shape index (κ2) is 8.27. The predicted octanol–water partition coefficient (Wildman–Crippen LogP) is 3.40. The Labute approximate surface area is 173 Å². The van der Waals surface area contributed by atoms with E-state index in [9.17, 15) is 13.2 Å². The Morgan fingerprint density at radius 3 is 2.55 bits per heavy atom. The van der Waals surface area contributed by atoms with Gasteiger partial charge in [0, 0.05) is 31.9 Å². The molecule has 1 aliphatic heterocycles. The van der Waals surface area contributed by atoms with E-state index >= 15 is 0 Å². The quantitative estimate of drug-likeness (QED) is 0.772. The predicted molar refractivity (Wildman–Crippen MR) is 113 cm³/mol. The van der Waals surface area contributed by atoms with Crippen LogP contribution in [0.25, 0.3) is 0 Å². The van der Waals surface area contributed by atoms with Crippen LogP contribution in [0.4, 0.5) is 0 Å². The fourth-order valence-corrected chi connectivity index (χ4v) is 7.40. The van der Waals surface area contributed by atoms with E-state index < -0.39 is 14.6 Å². The highest BCUT2D eigenvalue weighted by atomic mass is 32.2. The van der Waals surface area contributed by atoms with Gasteiger partial charge in [0.2, 0.25) is 5.91 Å². The van der Waals surface area contributed by atoms with Crippen molar-refractivity contribution in [1.82, 2.24) is 9.88 Å². The molecule has 2 aliphatic rings. The van der Waals surface area contributed by atoms with Crippen molar-refractivity contribution in [2.45, 2.75) is 49.8 Å². The van der Waals surface area contributed by atoms with Crippen LogP contribution in [0.5, 0.6) is 0 Å². The number of benzene rings is 1. The summed E-state index contributed by atoms with van der Waals surface area (Å²) in [5, 5.41) is 0. The molecule has 5 nitrogen and oxygen atoms in total. The zero-order valence-electron chi connectivity index (χ0n) is 16.7. The zero-order valence-corrected chi connectivity index (χ0v) is 17.5. The Morgan fingerprint density at radius 1 is 1.03 bits per heavy atom. The Bertz CT molecular complexity index is 947. The Kier molecular flexibility index (Phi) is 5.72. The number of hydrogen-bond donors (Lipinski definition) is 0. The number of nitrogens with zero attached hydrogens (tertiary/aromatic N) is 2. The molecule has 2 heterocycles. The van der Waals surface area contributed by atoms with Crippen molar-refractivity contribution in [3.05, 3.63) is 66.0 Å². The number of hydrogen-bond acceptors (Lipinski definition) is 4. The van der Waals surface area contributed by atoms with Gasteiger partial charge in [0.25, 0.3) is 0 Å². The first-order valence-electron chi connectivity index (χ1n) is 10.4. The monoisotopic (exact) mass is 412 g/mol. The average Bonchev–Trinajstić information content (AvgIpc) is 2.82. The number of aromatic nitrogens is 1. The van der Waals surface area contributed by atoms with E-state index in [2.05, 4.69) is 17.1 Å². The minimum Gasteiger partial charge on any atom is -0.337 e. The third kappa shape index (κ3) is 4.08. The van der Waals surface area contributed by atoms with E-state index in [1.54, 1.807) is 17.3 Å². The lowest BCUT2D eigenvalue weighted by atomic mass is 9.73. The molecule has 1 aliphatic carbocycles. The van der Waals surface area contributed by atoms with Crippen molar-refractivity contribution in [1.29, 1.82) is 0 Å². The normalized spacial score (nSPS) is 27.0. The fourth-order valence-electron chi connectivity index (χ4n) is 5.02. The maximum absolute atomic E-state index is 13.5. The third-order valence-electron chi connectivity index (χ3n) is 6.65. The molecule has 0 bridgehead atoms. The molecule has 1 saturated carbocycles. The maximum atomic E-state index is 13.5. The number of sulfone groups is 1. The van der Waals surface area contributed by atoms with Gasteiger partial charge in [0.15, 0.2) is 9.84 Å². The maximum Gasteiger partial charge on any atom is 0.224 e.